The van der Waals surface area contributed by atoms with Gasteiger partial charge in [-0.15, -0.1) is 0 Å². The third-order valence-corrected chi connectivity index (χ3v) is 3.93. The van der Waals surface area contributed by atoms with Gasteiger partial charge in [0.1, 0.15) is 11.3 Å². The topological polar surface area (TPSA) is 45.0 Å². The molecule has 0 bridgehead atoms. The molecule has 1 unspecified atom stereocenters. The fourth-order valence-electron chi connectivity index (χ4n) is 3.04. The molecule has 2 rings (SSSR count). The van der Waals surface area contributed by atoms with Crippen LogP contribution in [0.1, 0.15) is 39.5 Å². The van der Waals surface area contributed by atoms with Crippen LogP contribution >= 0.6 is 0 Å². The molecule has 3 heteroatoms. The highest BCUT2D eigenvalue weighted by Crippen LogP contribution is 2.42. The number of ether oxygens (including phenoxy) is 1. The van der Waals surface area contributed by atoms with E-state index < -0.39 is 5.54 Å². The third-order valence-electron chi connectivity index (χ3n) is 3.93. The van der Waals surface area contributed by atoms with Gasteiger partial charge in [0.15, 0.2) is 0 Å². The van der Waals surface area contributed by atoms with Crippen LogP contribution < -0.4 is 10.1 Å². The number of nitrogens with one attached hydrogen (secondary N) is 1. The largest absolute Gasteiger partial charge is 0.497 e. The predicted molar refractivity (Wildman–Crippen MR) is 77.2 cm³/mol. The monoisotopic (exact) mass is 258 g/mol. The minimum absolute atomic E-state index is 0.230. The smallest absolute Gasteiger partial charge is 0.125 e. The summed E-state index contributed by atoms with van der Waals surface area (Å²) in [5, 5.41) is 13.0. The van der Waals surface area contributed by atoms with Crippen LogP contribution in [-0.4, -0.2) is 12.6 Å². The average molecular weight is 258 g/mol. The molecule has 1 atom stereocenters. The first-order chi connectivity index (χ1) is 8.99. The number of anilines is 1. The molecule has 1 aliphatic rings. The minimum Gasteiger partial charge on any atom is -0.497 e. The van der Waals surface area contributed by atoms with Gasteiger partial charge >= 0.3 is 0 Å². The first-order valence-electron chi connectivity index (χ1n) is 6.82. The molecule has 0 radical (unpaired) electrons. The minimum atomic E-state index is -0.434. The molecule has 102 valence electrons. The SMILES string of the molecule is COc1ccc(NC2(C#N)CCCC(C)(C)C2)cc1. The fourth-order valence-corrected chi connectivity index (χ4v) is 3.04. The predicted octanol–water partition coefficient (Wildman–Crippen LogP) is 3.97. The number of nitrogens with zero attached hydrogens (tertiary/aromatic N) is 1. The highest BCUT2D eigenvalue weighted by atomic mass is 16.5. The Kier molecular flexibility index (Phi) is 3.71. The fraction of sp³-hybridized carbons (Fsp3) is 0.562. The average Bonchev–Trinajstić information content (AvgIpc) is 2.38. The van der Waals surface area contributed by atoms with Crippen LogP contribution in [0.5, 0.6) is 5.75 Å². The summed E-state index contributed by atoms with van der Waals surface area (Å²) in [5.74, 6) is 0.834. The zero-order chi connectivity index (χ0) is 13.9. The lowest BCUT2D eigenvalue weighted by atomic mass is 9.68. The van der Waals surface area contributed by atoms with Crippen LogP contribution in [0.15, 0.2) is 24.3 Å². The summed E-state index contributed by atoms with van der Waals surface area (Å²) < 4.78 is 5.15. The number of rotatable bonds is 3. The summed E-state index contributed by atoms with van der Waals surface area (Å²) in [5.41, 5.74) is 0.782. The van der Waals surface area contributed by atoms with E-state index in [1.54, 1.807) is 7.11 Å². The van der Waals surface area contributed by atoms with Crippen molar-refractivity contribution in [1.29, 1.82) is 5.26 Å². The zero-order valence-electron chi connectivity index (χ0n) is 12.0. The lowest BCUT2D eigenvalue weighted by molar-refractivity contribution is 0.197. The summed E-state index contributed by atoms with van der Waals surface area (Å²) in [4.78, 5) is 0. The van der Waals surface area contributed by atoms with Crippen LogP contribution in [0, 0.1) is 16.7 Å². The highest BCUT2D eigenvalue weighted by molar-refractivity contribution is 5.50. The number of hydrogen-bond acceptors (Lipinski definition) is 3. The van der Waals surface area contributed by atoms with Crippen molar-refractivity contribution >= 4 is 5.69 Å². The second kappa shape index (κ2) is 5.13. The third kappa shape index (κ3) is 3.20. The van der Waals surface area contributed by atoms with Crippen LogP contribution in [0.25, 0.3) is 0 Å². The van der Waals surface area contributed by atoms with E-state index in [2.05, 4.69) is 25.2 Å². The Labute approximate surface area is 115 Å². The van der Waals surface area contributed by atoms with Gasteiger partial charge in [0.25, 0.3) is 0 Å². The number of benzene rings is 1. The van der Waals surface area contributed by atoms with Crippen molar-refractivity contribution < 1.29 is 4.74 Å². The highest BCUT2D eigenvalue weighted by Gasteiger charge is 2.40. The van der Waals surface area contributed by atoms with Crippen LogP contribution in [0.2, 0.25) is 0 Å². The van der Waals surface area contributed by atoms with E-state index in [1.807, 2.05) is 24.3 Å². The van der Waals surface area contributed by atoms with Crippen LogP contribution in [0.3, 0.4) is 0 Å². The molecule has 1 aromatic carbocycles. The second-order valence-electron chi connectivity index (χ2n) is 6.24. The zero-order valence-corrected chi connectivity index (χ0v) is 12.0. The van der Waals surface area contributed by atoms with Crippen molar-refractivity contribution in [1.82, 2.24) is 0 Å². The molecular formula is C16H22N2O. The van der Waals surface area contributed by atoms with Crippen LogP contribution in [0.4, 0.5) is 5.69 Å². The quantitative estimate of drug-likeness (QED) is 0.892. The van der Waals surface area contributed by atoms with Crippen molar-refractivity contribution in [2.45, 2.75) is 45.1 Å². The Morgan fingerprint density at radius 3 is 2.42 bits per heavy atom. The maximum atomic E-state index is 9.60. The van der Waals surface area contributed by atoms with Gasteiger partial charge in [0, 0.05) is 5.69 Å². The van der Waals surface area contributed by atoms with Crippen molar-refractivity contribution in [3.8, 4) is 11.8 Å². The molecule has 1 fully saturated rings. The van der Waals surface area contributed by atoms with E-state index in [0.29, 0.717) is 0 Å². The van der Waals surface area contributed by atoms with Gasteiger partial charge in [0.2, 0.25) is 0 Å². The Morgan fingerprint density at radius 1 is 1.21 bits per heavy atom. The summed E-state index contributed by atoms with van der Waals surface area (Å²) >= 11 is 0. The molecule has 1 saturated carbocycles. The summed E-state index contributed by atoms with van der Waals surface area (Å²) in [6.45, 7) is 4.49. The van der Waals surface area contributed by atoms with E-state index in [4.69, 9.17) is 4.74 Å². The molecule has 0 amide bonds. The van der Waals surface area contributed by atoms with Gasteiger partial charge < -0.3 is 10.1 Å². The molecular weight excluding hydrogens is 236 g/mol. The summed E-state index contributed by atoms with van der Waals surface area (Å²) in [6.07, 6.45) is 4.10. The first kappa shape index (κ1) is 13.7. The van der Waals surface area contributed by atoms with Crippen LogP contribution in [-0.2, 0) is 0 Å². The van der Waals surface area contributed by atoms with Crippen molar-refractivity contribution in [2.24, 2.45) is 5.41 Å². The second-order valence-corrected chi connectivity index (χ2v) is 6.24. The van der Waals surface area contributed by atoms with Gasteiger partial charge in [-0.05, 0) is 55.4 Å². The maximum Gasteiger partial charge on any atom is 0.125 e. The van der Waals surface area contributed by atoms with Gasteiger partial charge in [-0.3, -0.25) is 0 Å². The van der Waals surface area contributed by atoms with Crippen molar-refractivity contribution in [2.75, 3.05) is 12.4 Å². The standard InChI is InChI=1S/C16H22N2O/c1-15(2)9-4-10-16(11-15,12-17)18-13-5-7-14(19-3)8-6-13/h5-8,18H,4,9-11H2,1-3H3. The molecule has 3 nitrogen and oxygen atoms in total. The number of methoxy groups -OCH3 is 1. The molecule has 0 heterocycles. The van der Waals surface area contributed by atoms with E-state index >= 15 is 0 Å². The number of nitriles is 1. The lowest BCUT2D eigenvalue weighted by Crippen LogP contribution is -2.44. The summed E-state index contributed by atoms with van der Waals surface area (Å²) in [7, 11) is 1.66. The summed E-state index contributed by atoms with van der Waals surface area (Å²) in [6, 6.07) is 10.3. The van der Waals surface area contributed by atoms with Gasteiger partial charge in [0.05, 0.1) is 13.2 Å². The van der Waals surface area contributed by atoms with E-state index in [1.165, 1.54) is 6.42 Å². The Morgan fingerprint density at radius 2 is 1.89 bits per heavy atom. The van der Waals surface area contributed by atoms with E-state index in [9.17, 15) is 5.26 Å². The van der Waals surface area contributed by atoms with Gasteiger partial charge in [-0.1, -0.05) is 13.8 Å². The Bertz CT molecular complexity index is 473. The van der Waals surface area contributed by atoms with Gasteiger partial charge in [-0.2, -0.15) is 5.26 Å². The molecule has 0 aromatic heterocycles. The van der Waals surface area contributed by atoms with Gasteiger partial charge in [-0.25, -0.2) is 0 Å². The normalized spacial score (nSPS) is 25.4. The van der Waals surface area contributed by atoms with E-state index in [0.717, 1.165) is 30.7 Å². The molecule has 1 aromatic rings. The molecule has 0 aliphatic heterocycles. The van der Waals surface area contributed by atoms with E-state index in [-0.39, 0.29) is 5.41 Å². The first-order valence-corrected chi connectivity index (χ1v) is 6.82. The molecule has 1 aliphatic carbocycles. The Balaban J connectivity index is 2.16. The van der Waals surface area contributed by atoms with Crippen molar-refractivity contribution in [3.05, 3.63) is 24.3 Å². The lowest BCUT2D eigenvalue weighted by Gasteiger charge is -2.41. The molecule has 0 spiro atoms. The number of hydrogen-bond donors (Lipinski definition) is 1. The Hall–Kier alpha value is -1.69. The molecule has 1 N–H and O–H groups in total. The molecule has 0 saturated heterocycles. The van der Waals surface area contributed by atoms with Crippen molar-refractivity contribution in [3.63, 3.8) is 0 Å². The molecule has 19 heavy (non-hydrogen) atoms. The maximum absolute atomic E-state index is 9.60.